The van der Waals surface area contributed by atoms with Crippen LogP contribution in [0.3, 0.4) is 0 Å². The number of fused-ring (bicyclic) bond motifs is 2. The van der Waals surface area contributed by atoms with Crippen LogP contribution < -0.4 is 11.2 Å². The number of hydrogen-bond acceptors (Lipinski definition) is 3. The minimum atomic E-state index is -0.389. The molecule has 0 aliphatic carbocycles. The minimum Gasteiger partial charge on any atom is -0.305 e. The van der Waals surface area contributed by atoms with Crippen LogP contribution in [0.5, 0.6) is 0 Å². The molecular weight excluding hydrogens is 242 g/mol. The number of pyridine rings is 1. The molecule has 0 saturated heterocycles. The summed E-state index contributed by atoms with van der Waals surface area (Å²) in [5.41, 5.74) is 1.75. The molecule has 2 aromatic heterocycles. The first-order chi connectivity index (χ1) is 9.13. The second kappa shape index (κ2) is 4.05. The van der Waals surface area contributed by atoms with E-state index in [9.17, 15) is 9.59 Å². The molecule has 0 aliphatic rings. The maximum atomic E-state index is 12.3. The zero-order valence-electron chi connectivity index (χ0n) is 10.7. The summed E-state index contributed by atoms with van der Waals surface area (Å²) in [6, 6.07) is 7.59. The van der Waals surface area contributed by atoms with E-state index in [1.165, 1.54) is 0 Å². The molecule has 0 fully saturated rings. The molecule has 5 nitrogen and oxygen atoms in total. The smallest absolute Gasteiger partial charge is 0.305 e. The van der Waals surface area contributed by atoms with Crippen molar-refractivity contribution in [1.29, 1.82) is 0 Å². The monoisotopic (exact) mass is 255 g/mol. The van der Waals surface area contributed by atoms with Crippen LogP contribution in [0.15, 0.2) is 33.9 Å². The summed E-state index contributed by atoms with van der Waals surface area (Å²) in [5.74, 6) is 0. The first-order valence-corrected chi connectivity index (χ1v) is 6.15. The third kappa shape index (κ3) is 1.58. The lowest BCUT2D eigenvalue weighted by Gasteiger charge is -2.08. The van der Waals surface area contributed by atoms with Crippen molar-refractivity contribution in [3.05, 3.63) is 50.7 Å². The molecule has 96 valence electrons. The second-order valence-corrected chi connectivity index (χ2v) is 4.46. The fraction of sp³-hybridized carbons (Fsp3) is 0.214. The molecule has 0 spiro atoms. The summed E-state index contributed by atoms with van der Waals surface area (Å²) >= 11 is 0. The Bertz CT molecular complexity index is 906. The highest BCUT2D eigenvalue weighted by Gasteiger charge is 2.12. The Labute approximate surface area is 108 Å². The maximum Gasteiger partial charge on any atom is 0.328 e. The van der Waals surface area contributed by atoms with Crippen LogP contribution in [0.1, 0.15) is 12.5 Å². The van der Waals surface area contributed by atoms with Crippen molar-refractivity contribution in [2.45, 2.75) is 20.4 Å². The minimum absolute atomic E-state index is 0.317. The van der Waals surface area contributed by atoms with Crippen molar-refractivity contribution in [3.63, 3.8) is 0 Å². The lowest BCUT2D eigenvalue weighted by molar-refractivity contribution is 0.682. The van der Waals surface area contributed by atoms with Gasteiger partial charge in [0.15, 0.2) is 5.52 Å². The fourth-order valence-corrected chi connectivity index (χ4v) is 2.37. The molecule has 2 heterocycles. The number of para-hydroxylation sites is 1. The zero-order chi connectivity index (χ0) is 13.6. The topological polar surface area (TPSA) is 67.8 Å². The van der Waals surface area contributed by atoms with Gasteiger partial charge in [0.05, 0.1) is 11.0 Å². The van der Waals surface area contributed by atoms with Crippen LogP contribution in [-0.4, -0.2) is 14.5 Å². The van der Waals surface area contributed by atoms with Gasteiger partial charge in [-0.3, -0.25) is 9.36 Å². The highest BCUT2D eigenvalue weighted by Crippen LogP contribution is 2.20. The van der Waals surface area contributed by atoms with Crippen molar-refractivity contribution in [2.75, 3.05) is 0 Å². The van der Waals surface area contributed by atoms with E-state index in [2.05, 4.69) is 9.97 Å². The third-order valence-corrected chi connectivity index (χ3v) is 3.39. The first-order valence-electron chi connectivity index (χ1n) is 6.15. The predicted molar refractivity (Wildman–Crippen MR) is 74.5 cm³/mol. The Morgan fingerprint density at radius 3 is 2.74 bits per heavy atom. The number of rotatable bonds is 1. The molecule has 0 bridgehead atoms. The standard InChI is InChI=1S/C14H13N3O2/c1-3-17-13(18)12-11(16-14(17)19)8(2)9-6-4-5-7-10(9)15-12/h4-7H,3H2,1-2H3,(H,16,19). The number of nitrogens with one attached hydrogen (secondary N) is 1. The van der Waals surface area contributed by atoms with Crippen LogP contribution in [0.4, 0.5) is 0 Å². The summed E-state index contributed by atoms with van der Waals surface area (Å²) < 4.78 is 1.16. The van der Waals surface area contributed by atoms with Gasteiger partial charge in [0, 0.05) is 11.9 Å². The van der Waals surface area contributed by atoms with Gasteiger partial charge in [0.1, 0.15) is 0 Å². The van der Waals surface area contributed by atoms with Gasteiger partial charge in [0.2, 0.25) is 0 Å². The van der Waals surface area contributed by atoms with E-state index >= 15 is 0 Å². The van der Waals surface area contributed by atoms with Gasteiger partial charge in [-0.25, -0.2) is 9.78 Å². The molecule has 0 unspecified atom stereocenters. The number of H-pyrrole nitrogens is 1. The van der Waals surface area contributed by atoms with E-state index in [1.54, 1.807) is 6.92 Å². The Balaban J connectivity index is 2.63. The molecule has 5 heteroatoms. The number of aromatic amines is 1. The van der Waals surface area contributed by atoms with E-state index in [-0.39, 0.29) is 11.2 Å². The number of hydrogen-bond donors (Lipinski definition) is 1. The predicted octanol–water partition coefficient (Wildman–Crippen LogP) is 1.57. The molecule has 0 saturated carbocycles. The summed E-state index contributed by atoms with van der Waals surface area (Å²) in [6.07, 6.45) is 0. The van der Waals surface area contributed by atoms with Crippen molar-refractivity contribution in [3.8, 4) is 0 Å². The SMILES string of the molecule is CCn1c(=O)[nH]c2c(C)c3ccccc3nc2c1=O. The molecule has 1 aromatic carbocycles. The van der Waals surface area contributed by atoms with Crippen molar-refractivity contribution < 1.29 is 0 Å². The van der Waals surface area contributed by atoms with Gasteiger partial charge in [-0.2, -0.15) is 0 Å². The third-order valence-electron chi connectivity index (χ3n) is 3.39. The molecule has 0 radical (unpaired) electrons. The zero-order valence-corrected chi connectivity index (χ0v) is 10.7. The van der Waals surface area contributed by atoms with Crippen LogP contribution in [-0.2, 0) is 6.54 Å². The summed E-state index contributed by atoms with van der Waals surface area (Å²) in [7, 11) is 0. The van der Waals surface area contributed by atoms with Crippen LogP contribution >= 0.6 is 0 Å². The quantitative estimate of drug-likeness (QED) is 0.671. The molecular formula is C14H13N3O2. The van der Waals surface area contributed by atoms with Crippen LogP contribution in [0, 0.1) is 6.92 Å². The number of benzene rings is 1. The molecule has 0 atom stereocenters. The largest absolute Gasteiger partial charge is 0.328 e. The summed E-state index contributed by atoms with van der Waals surface area (Å²) in [6.45, 7) is 3.98. The number of aromatic nitrogens is 3. The molecule has 0 aliphatic heterocycles. The highest BCUT2D eigenvalue weighted by molar-refractivity contribution is 5.94. The van der Waals surface area contributed by atoms with E-state index < -0.39 is 0 Å². The molecule has 3 aromatic rings. The van der Waals surface area contributed by atoms with Crippen molar-refractivity contribution in [2.24, 2.45) is 0 Å². The van der Waals surface area contributed by atoms with E-state index in [0.717, 1.165) is 21.0 Å². The van der Waals surface area contributed by atoms with Gasteiger partial charge in [-0.15, -0.1) is 0 Å². The number of aryl methyl sites for hydroxylation is 1. The number of nitrogens with zero attached hydrogens (tertiary/aromatic N) is 2. The van der Waals surface area contributed by atoms with Crippen molar-refractivity contribution in [1.82, 2.24) is 14.5 Å². The van der Waals surface area contributed by atoms with Gasteiger partial charge >= 0.3 is 5.69 Å². The van der Waals surface area contributed by atoms with Gasteiger partial charge in [-0.05, 0) is 25.5 Å². The maximum absolute atomic E-state index is 12.3. The normalized spacial score (nSPS) is 11.3. The Morgan fingerprint density at radius 2 is 2.00 bits per heavy atom. The first kappa shape index (κ1) is 11.6. The fourth-order valence-electron chi connectivity index (χ4n) is 2.37. The summed E-state index contributed by atoms with van der Waals surface area (Å²) in [5, 5.41) is 0.944. The van der Waals surface area contributed by atoms with Crippen LogP contribution in [0.2, 0.25) is 0 Å². The van der Waals surface area contributed by atoms with Gasteiger partial charge < -0.3 is 4.98 Å². The van der Waals surface area contributed by atoms with Crippen molar-refractivity contribution >= 4 is 21.9 Å². The summed E-state index contributed by atoms with van der Waals surface area (Å²) in [4.78, 5) is 31.2. The lowest BCUT2D eigenvalue weighted by Crippen LogP contribution is -2.35. The molecule has 0 amide bonds. The molecule has 1 N–H and O–H groups in total. The molecule has 3 rings (SSSR count). The Morgan fingerprint density at radius 1 is 1.26 bits per heavy atom. The van der Waals surface area contributed by atoms with E-state index in [0.29, 0.717) is 17.6 Å². The Kier molecular flexibility index (Phi) is 2.48. The average molecular weight is 255 g/mol. The van der Waals surface area contributed by atoms with Gasteiger partial charge in [-0.1, -0.05) is 18.2 Å². The average Bonchev–Trinajstić information content (AvgIpc) is 2.41. The second-order valence-electron chi connectivity index (χ2n) is 4.46. The molecule has 19 heavy (non-hydrogen) atoms. The lowest BCUT2D eigenvalue weighted by atomic mass is 10.1. The Hall–Kier alpha value is -2.43. The highest BCUT2D eigenvalue weighted by atomic mass is 16.2. The van der Waals surface area contributed by atoms with E-state index in [1.807, 2.05) is 31.2 Å². The van der Waals surface area contributed by atoms with Gasteiger partial charge in [0.25, 0.3) is 5.56 Å². The van der Waals surface area contributed by atoms with E-state index in [4.69, 9.17) is 0 Å². The van der Waals surface area contributed by atoms with Crippen LogP contribution in [0.25, 0.3) is 21.9 Å².